The van der Waals surface area contributed by atoms with Gasteiger partial charge in [-0.05, 0) is 24.3 Å². The third kappa shape index (κ3) is 5.28. The van der Waals surface area contributed by atoms with Crippen LogP contribution in [0.25, 0.3) is 0 Å². The fourth-order valence-corrected chi connectivity index (χ4v) is 2.88. The molecule has 2 N–H and O–H groups in total. The van der Waals surface area contributed by atoms with E-state index < -0.39 is 5.91 Å². The summed E-state index contributed by atoms with van der Waals surface area (Å²) in [6, 6.07) is 10.2. The Bertz CT molecular complexity index is 821. The Labute approximate surface area is 163 Å². The van der Waals surface area contributed by atoms with E-state index in [0.717, 1.165) is 32.8 Å². The van der Waals surface area contributed by atoms with Gasteiger partial charge in [0.05, 0.1) is 26.0 Å². The smallest absolute Gasteiger partial charge is 0.274 e. The molecule has 1 fully saturated rings. The average molecular weight is 384 g/mol. The maximum Gasteiger partial charge on any atom is 0.274 e. The lowest BCUT2D eigenvalue weighted by atomic mass is 10.2. The number of pyridine rings is 1. The Morgan fingerprint density at radius 2 is 1.96 bits per heavy atom. The summed E-state index contributed by atoms with van der Waals surface area (Å²) in [7, 11) is 1.53. The fraction of sp³-hybridized carbons (Fsp3) is 0.350. The Kier molecular flexibility index (Phi) is 6.94. The second-order valence-electron chi connectivity index (χ2n) is 6.29. The number of methoxy groups -OCH3 is 1. The van der Waals surface area contributed by atoms with Crippen LogP contribution in [0.15, 0.2) is 42.6 Å². The van der Waals surface area contributed by atoms with Crippen molar-refractivity contribution >= 4 is 17.5 Å². The molecule has 0 bridgehead atoms. The molecule has 148 valence electrons. The van der Waals surface area contributed by atoms with E-state index in [9.17, 15) is 9.59 Å². The average Bonchev–Trinajstić information content (AvgIpc) is 2.75. The largest absolute Gasteiger partial charge is 0.495 e. The molecule has 0 radical (unpaired) electrons. The predicted molar refractivity (Wildman–Crippen MR) is 105 cm³/mol. The van der Waals surface area contributed by atoms with Crippen LogP contribution in [0.1, 0.15) is 20.8 Å². The maximum absolute atomic E-state index is 12.5. The van der Waals surface area contributed by atoms with E-state index in [1.807, 2.05) is 6.07 Å². The number of carbonyl (C=O) groups is 2. The summed E-state index contributed by atoms with van der Waals surface area (Å²) in [5.74, 6) is -0.0951. The zero-order valence-corrected chi connectivity index (χ0v) is 15.8. The van der Waals surface area contributed by atoms with Crippen molar-refractivity contribution in [2.45, 2.75) is 0 Å². The molecule has 8 nitrogen and oxygen atoms in total. The van der Waals surface area contributed by atoms with Gasteiger partial charge in [0.1, 0.15) is 11.4 Å². The van der Waals surface area contributed by atoms with E-state index in [-0.39, 0.29) is 11.6 Å². The quantitative estimate of drug-likeness (QED) is 0.750. The van der Waals surface area contributed by atoms with Crippen molar-refractivity contribution in [1.82, 2.24) is 15.2 Å². The van der Waals surface area contributed by atoms with Crippen LogP contribution in [0.5, 0.6) is 5.75 Å². The van der Waals surface area contributed by atoms with Gasteiger partial charge in [0.25, 0.3) is 11.8 Å². The minimum atomic E-state index is -0.410. The molecule has 0 aliphatic carbocycles. The van der Waals surface area contributed by atoms with Gasteiger partial charge in [0.2, 0.25) is 0 Å². The van der Waals surface area contributed by atoms with Crippen LogP contribution in [-0.2, 0) is 4.74 Å². The number of carbonyl (C=O) groups excluding carboxylic acids is 2. The van der Waals surface area contributed by atoms with E-state index in [1.54, 1.807) is 24.3 Å². The standard InChI is InChI=1S/C20H24N4O4/c1-27-18-5-3-2-4-16(18)23-20(26)17-14-15(6-7-21-17)19(25)22-8-9-24-10-12-28-13-11-24/h2-7,14H,8-13H2,1H3,(H,22,25)(H,23,26). The van der Waals surface area contributed by atoms with Crippen molar-refractivity contribution in [3.8, 4) is 5.75 Å². The minimum absolute atomic E-state index is 0.159. The number of anilines is 1. The molecule has 2 amide bonds. The van der Waals surface area contributed by atoms with Gasteiger partial charge in [0.15, 0.2) is 0 Å². The van der Waals surface area contributed by atoms with Crippen LogP contribution in [-0.4, -0.2) is 68.2 Å². The highest BCUT2D eigenvalue weighted by molar-refractivity contribution is 6.05. The molecule has 2 aromatic rings. The first kappa shape index (κ1) is 19.8. The van der Waals surface area contributed by atoms with Gasteiger partial charge in [-0.2, -0.15) is 0 Å². The third-order valence-corrected chi connectivity index (χ3v) is 4.43. The van der Waals surface area contributed by atoms with Crippen LogP contribution in [0.2, 0.25) is 0 Å². The summed E-state index contributed by atoms with van der Waals surface area (Å²) < 4.78 is 10.5. The van der Waals surface area contributed by atoms with Gasteiger partial charge < -0.3 is 20.1 Å². The number of amides is 2. The normalized spacial score (nSPS) is 14.3. The summed E-state index contributed by atoms with van der Waals surface area (Å²) in [4.78, 5) is 31.2. The zero-order chi connectivity index (χ0) is 19.8. The fourth-order valence-electron chi connectivity index (χ4n) is 2.88. The van der Waals surface area contributed by atoms with Crippen LogP contribution >= 0.6 is 0 Å². The predicted octanol–water partition coefficient (Wildman–Crippen LogP) is 1.40. The third-order valence-electron chi connectivity index (χ3n) is 4.43. The second kappa shape index (κ2) is 9.82. The van der Waals surface area contributed by atoms with E-state index in [1.165, 1.54) is 19.4 Å². The number of para-hydroxylation sites is 2. The maximum atomic E-state index is 12.5. The topological polar surface area (TPSA) is 92.8 Å². The van der Waals surface area contributed by atoms with Crippen molar-refractivity contribution < 1.29 is 19.1 Å². The number of benzene rings is 1. The zero-order valence-electron chi connectivity index (χ0n) is 15.8. The summed E-state index contributed by atoms with van der Waals surface area (Å²) in [5.41, 5.74) is 1.09. The molecular weight excluding hydrogens is 360 g/mol. The molecule has 0 saturated carbocycles. The van der Waals surface area contributed by atoms with Crippen molar-refractivity contribution in [1.29, 1.82) is 0 Å². The lowest BCUT2D eigenvalue weighted by molar-refractivity contribution is 0.0383. The molecule has 1 saturated heterocycles. The lowest BCUT2D eigenvalue weighted by Crippen LogP contribution is -2.41. The summed E-state index contributed by atoms with van der Waals surface area (Å²) in [6.45, 7) is 4.49. The molecule has 2 heterocycles. The van der Waals surface area contributed by atoms with Gasteiger partial charge in [-0.1, -0.05) is 12.1 Å². The van der Waals surface area contributed by atoms with E-state index in [2.05, 4.69) is 20.5 Å². The van der Waals surface area contributed by atoms with E-state index >= 15 is 0 Å². The lowest BCUT2D eigenvalue weighted by Gasteiger charge is -2.26. The number of hydrogen-bond donors (Lipinski definition) is 2. The van der Waals surface area contributed by atoms with Crippen LogP contribution in [0, 0.1) is 0 Å². The van der Waals surface area contributed by atoms with Crippen LogP contribution < -0.4 is 15.4 Å². The van der Waals surface area contributed by atoms with Crippen LogP contribution in [0.4, 0.5) is 5.69 Å². The van der Waals surface area contributed by atoms with Crippen molar-refractivity contribution in [2.24, 2.45) is 0 Å². The van der Waals surface area contributed by atoms with Gasteiger partial charge in [-0.25, -0.2) is 0 Å². The van der Waals surface area contributed by atoms with Crippen molar-refractivity contribution in [3.05, 3.63) is 53.9 Å². The first-order valence-corrected chi connectivity index (χ1v) is 9.16. The molecular formula is C20H24N4O4. The molecule has 8 heteroatoms. The molecule has 1 aliphatic rings. The Balaban J connectivity index is 1.57. The van der Waals surface area contributed by atoms with Gasteiger partial charge in [-0.15, -0.1) is 0 Å². The van der Waals surface area contributed by atoms with E-state index in [0.29, 0.717) is 23.5 Å². The monoisotopic (exact) mass is 384 g/mol. The molecule has 1 aliphatic heterocycles. The number of rotatable bonds is 7. The Morgan fingerprint density at radius 3 is 2.75 bits per heavy atom. The van der Waals surface area contributed by atoms with E-state index in [4.69, 9.17) is 9.47 Å². The summed E-state index contributed by atoms with van der Waals surface area (Å²) in [5, 5.41) is 5.63. The molecule has 0 spiro atoms. The van der Waals surface area contributed by atoms with Gasteiger partial charge in [-0.3, -0.25) is 19.5 Å². The van der Waals surface area contributed by atoms with Crippen molar-refractivity contribution in [3.63, 3.8) is 0 Å². The van der Waals surface area contributed by atoms with Crippen LogP contribution in [0.3, 0.4) is 0 Å². The summed E-state index contributed by atoms with van der Waals surface area (Å²) in [6.07, 6.45) is 1.45. The number of hydrogen-bond acceptors (Lipinski definition) is 6. The second-order valence-corrected chi connectivity index (χ2v) is 6.29. The molecule has 28 heavy (non-hydrogen) atoms. The first-order chi connectivity index (χ1) is 13.7. The highest BCUT2D eigenvalue weighted by atomic mass is 16.5. The molecule has 1 aromatic heterocycles. The van der Waals surface area contributed by atoms with Crippen molar-refractivity contribution in [2.75, 3.05) is 51.8 Å². The number of morpholine rings is 1. The molecule has 0 atom stereocenters. The molecule has 0 unspecified atom stereocenters. The number of nitrogens with zero attached hydrogens (tertiary/aromatic N) is 2. The van der Waals surface area contributed by atoms with Gasteiger partial charge in [0, 0.05) is 37.9 Å². The minimum Gasteiger partial charge on any atom is -0.495 e. The molecule has 3 rings (SSSR count). The highest BCUT2D eigenvalue weighted by Gasteiger charge is 2.14. The highest BCUT2D eigenvalue weighted by Crippen LogP contribution is 2.23. The number of ether oxygens (including phenoxy) is 2. The number of aromatic nitrogens is 1. The summed E-state index contributed by atoms with van der Waals surface area (Å²) >= 11 is 0. The SMILES string of the molecule is COc1ccccc1NC(=O)c1cc(C(=O)NCCN2CCOCC2)ccn1. The molecule has 1 aromatic carbocycles. The number of nitrogens with one attached hydrogen (secondary N) is 2. The first-order valence-electron chi connectivity index (χ1n) is 9.16. The Morgan fingerprint density at radius 1 is 1.18 bits per heavy atom. The van der Waals surface area contributed by atoms with Gasteiger partial charge >= 0.3 is 0 Å². The Hall–Kier alpha value is -2.97.